The van der Waals surface area contributed by atoms with Gasteiger partial charge in [-0.15, -0.1) is 0 Å². The maximum Gasteiger partial charge on any atom is 0.159 e. The van der Waals surface area contributed by atoms with Gasteiger partial charge in [-0.1, -0.05) is 18.2 Å². The first-order valence-electron chi connectivity index (χ1n) is 8.74. The van der Waals surface area contributed by atoms with Crippen LogP contribution in [-0.2, 0) is 11.2 Å². The largest absolute Gasteiger partial charge is 0.491 e. The predicted octanol–water partition coefficient (Wildman–Crippen LogP) is 3.71. The molecule has 2 aromatic heterocycles. The molecule has 3 aromatic rings. The molecule has 5 heteroatoms. The van der Waals surface area contributed by atoms with E-state index >= 15 is 0 Å². The van der Waals surface area contributed by atoms with Gasteiger partial charge in [0.1, 0.15) is 11.5 Å². The maximum absolute atomic E-state index is 12.0. The molecule has 1 fully saturated rings. The van der Waals surface area contributed by atoms with Gasteiger partial charge < -0.3 is 4.74 Å². The highest BCUT2D eigenvalue weighted by atomic mass is 16.5. The van der Waals surface area contributed by atoms with Crippen LogP contribution in [0.1, 0.15) is 32.5 Å². The monoisotopic (exact) mass is 335 g/mol. The van der Waals surface area contributed by atoms with E-state index in [1.807, 2.05) is 60.8 Å². The van der Waals surface area contributed by atoms with E-state index in [-0.39, 0.29) is 17.8 Å². The minimum Gasteiger partial charge on any atom is -0.491 e. The summed E-state index contributed by atoms with van der Waals surface area (Å²) in [4.78, 5) is 16.6. The molecule has 5 nitrogen and oxygen atoms in total. The van der Waals surface area contributed by atoms with E-state index in [1.54, 1.807) is 0 Å². The van der Waals surface area contributed by atoms with Gasteiger partial charge in [-0.2, -0.15) is 5.10 Å². The number of Topliss-reactive ketones (excluding diaryl/α,β-unsaturated/α-hetero) is 1. The van der Waals surface area contributed by atoms with Crippen molar-refractivity contribution >= 4 is 11.4 Å². The number of hydrogen-bond donors (Lipinski definition) is 0. The number of pyridine rings is 1. The SMILES string of the molecule is CC(C)Oc1cccc(-c2cccc3nc(CC(=O)C4CC4)nn23)c1. The third-order valence-electron chi connectivity index (χ3n) is 4.27. The number of rotatable bonds is 6. The lowest BCUT2D eigenvalue weighted by atomic mass is 10.1. The van der Waals surface area contributed by atoms with E-state index in [0.717, 1.165) is 35.5 Å². The molecule has 0 spiro atoms. The minimum atomic E-state index is 0.123. The summed E-state index contributed by atoms with van der Waals surface area (Å²) < 4.78 is 7.60. The zero-order valence-corrected chi connectivity index (χ0v) is 14.5. The molecule has 0 radical (unpaired) electrons. The highest BCUT2D eigenvalue weighted by Gasteiger charge is 2.30. The third-order valence-corrected chi connectivity index (χ3v) is 4.27. The molecule has 0 bridgehead atoms. The zero-order valence-electron chi connectivity index (χ0n) is 14.5. The molecule has 0 N–H and O–H groups in total. The Balaban J connectivity index is 1.69. The van der Waals surface area contributed by atoms with E-state index in [9.17, 15) is 4.79 Å². The number of benzene rings is 1. The highest BCUT2D eigenvalue weighted by molar-refractivity contribution is 5.84. The smallest absolute Gasteiger partial charge is 0.159 e. The first kappa shape index (κ1) is 15.8. The van der Waals surface area contributed by atoms with Crippen LogP contribution in [0.25, 0.3) is 16.9 Å². The molecule has 1 aliphatic carbocycles. The van der Waals surface area contributed by atoms with Crippen molar-refractivity contribution in [2.75, 3.05) is 0 Å². The summed E-state index contributed by atoms with van der Waals surface area (Å²) in [6.45, 7) is 4.02. The molecule has 2 heterocycles. The number of aromatic nitrogens is 3. The lowest BCUT2D eigenvalue weighted by Gasteiger charge is -2.11. The predicted molar refractivity (Wildman–Crippen MR) is 95.6 cm³/mol. The number of nitrogens with zero attached hydrogens (tertiary/aromatic N) is 3. The Labute approximate surface area is 146 Å². The van der Waals surface area contributed by atoms with Crippen LogP contribution in [0.15, 0.2) is 42.5 Å². The van der Waals surface area contributed by atoms with E-state index in [0.29, 0.717) is 12.2 Å². The fourth-order valence-electron chi connectivity index (χ4n) is 2.95. The fourth-order valence-corrected chi connectivity index (χ4v) is 2.95. The lowest BCUT2D eigenvalue weighted by Crippen LogP contribution is -2.06. The zero-order chi connectivity index (χ0) is 17.4. The average Bonchev–Trinajstić information content (AvgIpc) is 3.34. The van der Waals surface area contributed by atoms with Gasteiger partial charge in [-0.25, -0.2) is 9.50 Å². The molecule has 1 aliphatic rings. The average molecular weight is 335 g/mol. The Bertz CT molecular complexity index is 926. The first-order valence-corrected chi connectivity index (χ1v) is 8.74. The van der Waals surface area contributed by atoms with Gasteiger partial charge in [0.05, 0.1) is 18.2 Å². The number of carbonyl (C=O) groups excluding carboxylic acids is 1. The summed E-state index contributed by atoms with van der Waals surface area (Å²) in [7, 11) is 0. The number of ketones is 1. The van der Waals surface area contributed by atoms with Crippen molar-refractivity contribution in [2.24, 2.45) is 5.92 Å². The molecular formula is C20H21N3O2. The minimum absolute atomic E-state index is 0.123. The Morgan fingerprint density at radius 1 is 1.24 bits per heavy atom. The summed E-state index contributed by atoms with van der Waals surface area (Å²) in [5.74, 6) is 1.91. The molecule has 25 heavy (non-hydrogen) atoms. The van der Waals surface area contributed by atoms with E-state index < -0.39 is 0 Å². The maximum atomic E-state index is 12.0. The van der Waals surface area contributed by atoms with Crippen molar-refractivity contribution in [1.29, 1.82) is 0 Å². The fraction of sp³-hybridized carbons (Fsp3) is 0.350. The van der Waals surface area contributed by atoms with Crippen LogP contribution in [0.5, 0.6) is 5.75 Å². The second-order valence-electron chi connectivity index (χ2n) is 6.82. The van der Waals surface area contributed by atoms with Crippen LogP contribution in [0, 0.1) is 5.92 Å². The van der Waals surface area contributed by atoms with Crippen molar-refractivity contribution in [2.45, 2.75) is 39.2 Å². The van der Waals surface area contributed by atoms with E-state index in [1.165, 1.54) is 0 Å². The molecule has 0 atom stereocenters. The molecule has 1 aromatic carbocycles. The van der Waals surface area contributed by atoms with Gasteiger partial charge in [0.15, 0.2) is 11.5 Å². The molecule has 0 amide bonds. The second kappa shape index (κ2) is 6.31. The van der Waals surface area contributed by atoms with E-state index in [2.05, 4.69) is 10.1 Å². The number of carbonyl (C=O) groups is 1. The van der Waals surface area contributed by atoms with Crippen LogP contribution in [0.3, 0.4) is 0 Å². The van der Waals surface area contributed by atoms with Crippen LogP contribution in [0.4, 0.5) is 0 Å². The van der Waals surface area contributed by atoms with Crippen molar-refractivity contribution in [3.05, 3.63) is 48.3 Å². The number of hydrogen-bond acceptors (Lipinski definition) is 4. The van der Waals surface area contributed by atoms with Gasteiger partial charge in [-0.3, -0.25) is 4.79 Å². The first-order chi connectivity index (χ1) is 12.1. The summed E-state index contributed by atoms with van der Waals surface area (Å²) in [5, 5.41) is 4.57. The van der Waals surface area contributed by atoms with Gasteiger partial charge in [0.2, 0.25) is 0 Å². The van der Waals surface area contributed by atoms with Crippen molar-refractivity contribution in [3.63, 3.8) is 0 Å². The van der Waals surface area contributed by atoms with Crippen molar-refractivity contribution in [3.8, 4) is 17.0 Å². The molecule has 4 rings (SSSR count). The highest BCUT2D eigenvalue weighted by Crippen LogP contribution is 2.31. The summed E-state index contributed by atoms with van der Waals surface area (Å²) in [5.41, 5.74) is 2.70. The van der Waals surface area contributed by atoms with Crippen LogP contribution in [-0.4, -0.2) is 26.5 Å². The van der Waals surface area contributed by atoms with Gasteiger partial charge in [-0.05, 0) is 51.0 Å². The van der Waals surface area contributed by atoms with E-state index in [4.69, 9.17) is 4.74 Å². The summed E-state index contributed by atoms with van der Waals surface area (Å²) in [6, 6.07) is 13.8. The molecule has 1 saturated carbocycles. The Hall–Kier alpha value is -2.69. The van der Waals surface area contributed by atoms with Gasteiger partial charge in [0, 0.05) is 11.5 Å². The van der Waals surface area contributed by atoms with Crippen molar-refractivity contribution in [1.82, 2.24) is 14.6 Å². The number of fused-ring (bicyclic) bond motifs is 1. The van der Waals surface area contributed by atoms with Crippen LogP contribution in [0.2, 0.25) is 0 Å². The topological polar surface area (TPSA) is 56.5 Å². The Morgan fingerprint density at radius 2 is 2.04 bits per heavy atom. The Morgan fingerprint density at radius 3 is 2.80 bits per heavy atom. The molecule has 0 saturated heterocycles. The number of ether oxygens (including phenoxy) is 1. The quantitative estimate of drug-likeness (QED) is 0.689. The molecule has 0 aliphatic heterocycles. The summed E-state index contributed by atoms with van der Waals surface area (Å²) >= 11 is 0. The second-order valence-corrected chi connectivity index (χ2v) is 6.82. The molecular weight excluding hydrogens is 314 g/mol. The standard InChI is InChI=1S/C20H21N3O2/c1-13(2)25-16-6-3-5-15(11-16)17-7-4-8-20-21-19(22-23(17)20)12-18(24)14-9-10-14/h3-8,11,13-14H,9-10,12H2,1-2H3. The normalized spacial score (nSPS) is 14.2. The summed E-state index contributed by atoms with van der Waals surface area (Å²) in [6.07, 6.45) is 2.47. The van der Waals surface area contributed by atoms with Crippen LogP contribution >= 0.6 is 0 Å². The van der Waals surface area contributed by atoms with Gasteiger partial charge >= 0.3 is 0 Å². The van der Waals surface area contributed by atoms with Crippen LogP contribution < -0.4 is 4.74 Å². The molecule has 128 valence electrons. The molecule has 0 unspecified atom stereocenters. The Kier molecular flexibility index (Phi) is 3.99. The van der Waals surface area contributed by atoms with Gasteiger partial charge in [0.25, 0.3) is 0 Å². The van der Waals surface area contributed by atoms with Crippen molar-refractivity contribution < 1.29 is 9.53 Å². The third kappa shape index (κ3) is 3.40. The lowest BCUT2D eigenvalue weighted by molar-refractivity contribution is -0.119.